The molecule has 0 aromatic heterocycles. The quantitative estimate of drug-likeness (QED) is 0.658. The molecule has 0 bridgehead atoms. The average molecular weight is 302 g/mol. The van der Waals surface area contributed by atoms with Crippen molar-refractivity contribution in [2.75, 3.05) is 0 Å². The smallest absolute Gasteiger partial charge is 0.0725 e. The van der Waals surface area contributed by atoms with Gasteiger partial charge in [0.05, 0.1) is 16.1 Å². The summed E-state index contributed by atoms with van der Waals surface area (Å²) in [6.07, 6.45) is 0. The van der Waals surface area contributed by atoms with E-state index in [1.807, 2.05) is 30.3 Å². The molecular formula is C13H11Cl3N2. The molecule has 3 N–H and O–H groups in total. The molecule has 2 rings (SSSR count). The fourth-order valence-electron chi connectivity index (χ4n) is 1.80. The monoisotopic (exact) mass is 300 g/mol. The van der Waals surface area contributed by atoms with Crippen molar-refractivity contribution in [3.8, 4) is 0 Å². The molecule has 0 aliphatic heterocycles. The molecule has 2 aromatic rings. The third kappa shape index (κ3) is 2.79. The number of hydrogen-bond donors (Lipinski definition) is 2. The number of benzene rings is 2. The van der Waals surface area contributed by atoms with E-state index in [9.17, 15) is 0 Å². The van der Waals surface area contributed by atoms with Crippen LogP contribution in [0.2, 0.25) is 15.1 Å². The van der Waals surface area contributed by atoms with Gasteiger partial charge in [0.15, 0.2) is 0 Å². The molecule has 1 unspecified atom stereocenters. The molecule has 18 heavy (non-hydrogen) atoms. The summed E-state index contributed by atoms with van der Waals surface area (Å²) >= 11 is 18.2. The molecule has 94 valence electrons. The van der Waals surface area contributed by atoms with Crippen molar-refractivity contribution < 1.29 is 0 Å². The van der Waals surface area contributed by atoms with Gasteiger partial charge >= 0.3 is 0 Å². The molecule has 2 aromatic carbocycles. The van der Waals surface area contributed by atoms with Crippen LogP contribution in [0.15, 0.2) is 42.5 Å². The van der Waals surface area contributed by atoms with Crippen molar-refractivity contribution in [1.29, 1.82) is 0 Å². The van der Waals surface area contributed by atoms with Crippen LogP contribution >= 0.6 is 34.8 Å². The Bertz CT molecular complexity index is 558. The number of halogens is 3. The summed E-state index contributed by atoms with van der Waals surface area (Å²) in [5, 5.41) is 1.63. The molecule has 0 spiro atoms. The summed E-state index contributed by atoms with van der Waals surface area (Å²) in [7, 11) is 0. The minimum absolute atomic E-state index is 0.255. The van der Waals surface area contributed by atoms with Gasteiger partial charge in [-0.25, -0.2) is 5.43 Å². The van der Waals surface area contributed by atoms with Gasteiger partial charge in [0.25, 0.3) is 0 Å². The summed E-state index contributed by atoms with van der Waals surface area (Å²) in [4.78, 5) is 0. The predicted octanol–water partition coefficient (Wildman–Crippen LogP) is 4.20. The maximum Gasteiger partial charge on any atom is 0.0725 e. The van der Waals surface area contributed by atoms with Gasteiger partial charge in [-0.3, -0.25) is 5.84 Å². The summed E-state index contributed by atoms with van der Waals surface area (Å²) < 4.78 is 0. The minimum atomic E-state index is -0.255. The van der Waals surface area contributed by atoms with Crippen LogP contribution in [-0.2, 0) is 0 Å². The Hall–Kier alpha value is -0.770. The normalized spacial score (nSPS) is 12.4. The Morgan fingerprint density at radius 2 is 1.72 bits per heavy atom. The summed E-state index contributed by atoms with van der Waals surface area (Å²) in [5.41, 5.74) is 4.47. The number of hydrogen-bond acceptors (Lipinski definition) is 2. The first-order valence-electron chi connectivity index (χ1n) is 5.29. The summed E-state index contributed by atoms with van der Waals surface area (Å²) in [6.45, 7) is 0. The topological polar surface area (TPSA) is 38.0 Å². The van der Waals surface area contributed by atoms with Gasteiger partial charge in [0.2, 0.25) is 0 Å². The van der Waals surface area contributed by atoms with Gasteiger partial charge in [0.1, 0.15) is 0 Å². The van der Waals surface area contributed by atoms with E-state index < -0.39 is 0 Å². The van der Waals surface area contributed by atoms with Crippen LogP contribution in [0.3, 0.4) is 0 Å². The van der Waals surface area contributed by atoms with Crippen molar-refractivity contribution in [3.05, 3.63) is 68.7 Å². The summed E-state index contributed by atoms with van der Waals surface area (Å²) in [6, 6.07) is 12.6. The second-order valence-corrected chi connectivity index (χ2v) is 5.02. The lowest BCUT2D eigenvalue weighted by Crippen LogP contribution is -2.29. The van der Waals surface area contributed by atoms with Crippen LogP contribution in [0.25, 0.3) is 0 Å². The van der Waals surface area contributed by atoms with Crippen molar-refractivity contribution in [2.24, 2.45) is 5.84 Å². The van der Waals surface area contributed by atoms with Crippen LogP contribution < -0.4 is 11.3 Å². The van der Waals surface area contributed by atoms with E-state index in [4.69, 9.17) is 40.6 Å². The number of rotatable bonds is 3. The van der Waals surface area contributed by atoms with Gasteiger partial charge in [-0.15, -0.1) is 0 Å². The Balaban J connectivity index is 2.49. The second kappa shape index (κ2) is 5.91. The third-order valence-corrected chi connectivity index (χ3v) is 3.71. The Morgan fingerprint density at radius 1 is 1.00 bits per heavy atom. The zero-order valence-electron chi connectivity index (χ0n) is 9.33. The first kappa shape index (κ1) is 13.7. The first-order chi connectivity index (χ1) is 8.63. The van der Waals surface area contributed by atoms with E-state index in [0.29, 0.717) is 15.1 Å². The van der Waals surface area contributed by atoms with Crippen molar-refractivity contribution in [3.63, 3.8) is 0 Å². The van der Waals surface area contributed by atoms with E-state index >= 15 is 0 Å². The lowest BCUT2D eigenvalue weighted by molar-refractivity contribution is 0.637. The maximum absolute atomic E-state index is 6.20. The highest BCUT2D eigenvalue weighted by molar-refractivity contribution is 6.42. The van der Waals surface area contributed by atoms with Crippen LogP contribution in [0.1, 0.15) is 17.2 Å². The van der Waals surface area contributed by atoms with Crippen molar-refractivity contribution in [1.82, 2.24) is 5.43 Å². The third-order valence-electron chi connectivity index (χ3n) is 2.64. The van der Waals surface area contributed by atoms with Gasteiger partial charge in [-0.1, -0.05) is 59.1 Å². The highest BCUT2D eigenvalue weighted by atomic mass is 35.5. The number of hydrazine groups is 1. The van der Waals surface area contributed by atoms with Crippen molar-refractivity contribution >= 4 is 34.8 Å². The average Bonchev–Trinajstić information content (AvgIpc) is 2.35. The van der Waals surface area contributed by atoms with E-state index in [2.05, 4.69) is 5.43 Å². The fourth-order valence-corrected chi connectivity index (χ4v) is 2.41. The molecule has 0 aliphatic rings. The van der Waals surface area contributed by atoms with Crippen LogP contribution in [-0.4, -0.2) is 0 Å². The summed E-state index contributed by atoms with van der Waals surface area (Å²) in [5.74, 6) is 5.61. The molecule has 0 saturated carbocycles. The minimum Gasteiger partial charge on any atom is -0.271 e. The maximum atomic E-state index is 6.20. The standard InChI is InChI=1S/C13H11Cl3N2/c14-9-4-1-3-8(7-9)13(18-17)10-5-2-6-11(15)12(10)16/h1-7,13,18H,17H2. The molecular weight excluding hydrogens is 291 g/mol. The molecule has 0 fully saturated rings. The Labute approximate surface area is 121 Å². The fraction of sp³-hybridized carbons (Fsp3) is 0.0769. The van der Waals surface area contributed by atoms with Crippen LogP contribution in [0.4, 0.5) is 0 Å². The van der Waals surface area contributed by atoms with Gasteiger partial charge in [-0.2, -0.15) is 0 Å². The number of nitrogens with two attached hydrogens (primary N) is 1. The predicted molar refractivity (Wildman–Crippen MR) is 77.1 cm³/mol. The molecule has 0 radical (unpaired) electrons. The SMILES string of the molecule is NNC(c1cccc(Cl)c1)c1cccc(Cl)c1Cl. The van der Waals surface area contributed by atoms with Gasteiger partial charge < -0.3 is 0 Å². The lowest BCUT2D eigenvalue weighted by Gasteiger charge is -2.19. The van der Waals surface area contributed by atoms with Gasteiger partial charge in [-0.05, 0) is 29.3 Å². The Morgan fingerprint density at radius 3 is 2.39 bits per heavy atom. The van der Waals surface area contributed by atoms with Crippen LogP contribution in [0.5, 0.6) is 0 Å². The molecule has 0 saturated heterocycles. The molecule has 0 heterocycles. The van der Waals surface area contributed by atoms with Crippen LogP contribution in [0, 0.1) is 0 Å². The zero-order chi connectivity index (χ0) is 13.1. The number of nitrogens with one attached hydrogen (secondary N) is 1. The molecule has 2 nitrogen and oxygen atoms in total. The van der Waals surface area contributed by atoms with Crippen molar-refractivity contribution in [2.45, 2.75) is 6.04 Å². The molecule has 0 amide bonds. The van der Waals surface area contributed by atoms with E-state index in [1.54, 1.807) is 12.1 Å². The molecule has 0 aliphatic carbocycles. The highest BCUT2D eigenvalue weighted by Gasteiger charge is 2.17. The van der Waals surface area contributed by atoms with E-state index in [0.717, 1.165) is 11.1 Å². The first-order valence-corrected chi connectivity index (χ1v) is 6.42. The Kier molecular flexibility index (Phi) is 4.49. The largest absolute Gasteiger partial charge is 0.271 e. The second-order valence-electron chi connectivity index (χ2n) is 3.80. The van der Waals surface area contributed by atoms with Gasteiger partial charge in [0, 0.05) is 5.02 Å². The van der Waals surface area contributed by atoms with E-state index in [-0.39, 0.29) is 6.04 Å². The molecule has 5 heteroatoms. The highest BCUT2D eigenvalue weighted by Crippen LogP contribution is 2.33. The molecule has 1 atom stereocenters. The zero-order valence-corrected chi connectivity index (χ0v) is 11.6. The lowest BCUT2D eigenvalue weighted by atomic mass is 9.99. The van der Waals surface area contributed by atoms with E-state index in [1.165, 1.54) is 0 Å².